The van der Waals surface area contributed by atoms with E-state index in [0.717, 1.165) is 5.57 Å². The second-order valence-corrected chi connectivity index (χ2v) is 3.36. The van der Waals surface area contributed by atoms with Crippen LogP contribution in [0.1, 0.15) is 6.92 Å². The zero-order valence-electron chi connectivity index (χ0n) is 8.04. The van der Waals surface area contributed by atoms with Crippen LogP contribution in [0.2, 0.25) is 0 Å². The zero-order valence-corrected chi connectivity index (χ0v) is 8.86. The summed E-state index contributed by atoms with van der Waals surface area (Å²) in [5.74, 6) is -0.00426. The molecule has 0 radical (unpaired) electrons. The largest absolute Gasteiger partial charge is 0.289 e. The molecule has 0 unspecified atom stereocenters. The summed E-state index contributed by atoms with van der Waals surface area (Å²) in [6.07, 6.45) is 8.40. The molecule has 0 aliphatic carbocycles. The molecule has 1 nitrogen and oxygen atoms in total. The highest BCUT2D eigenvalue weighted by atomic mass is 32.2. The van der Waals surface area contributed by atoms with E-state index in [9.17, 15) is 4.79 Å². The zero-order chi connectivity index (χ0) is 10.3. The Bertz CT molecular complexity index is 272. The highest BCUT2D eigenvalue weighted by Crippen LogP contribution is 2.13. The van der Waals surface area contributed by atoms with E-state index < -0.39 is 0 Å². The summed E-state index contributed by atoms with van der Waals surface area (Å²) in [4.78, 5) is 12.1. The van der Waals surface area contributed by atoms with Gasteiger partial charge in [0.1, 0.15) is 0 Å². The Morgan fingerprint density at radius 2 is 2.00 bits per heavy atom. The lowest BCUT2D eigenvalue weighted by molar-refractivity contribution is -0.110. The molecule has 70 valence electrons. The Balaban J connectivity index is 4.48. The highest BCUT2D eigenvalue weighted by molar-refractivity contribution is 8.03. The lowest BCUT2D eigenvalue weighted by Gasteiger charge is -1.96. The molecule has 0 N–H and O–H groups in total. The Morgan fingerprint density at radius 3 is 2.38 bits per heavy atom. The molecular formula is C11H14OS. The smallest absolute Gasteiger partial charge is 0.192 e. The predicted octanol–water partition coefficient (Wildman–Crippen LogP) is 3.12. The molecule has 0 aliphatic rings. The van der Waals surface area contributed by atoms with Crippen molar-refractivity contribution in [2.75, 3.05) is 6.26 Å². The van der Waals surface area contributed by atoms with Crippen molar-refractivity contribution in [3.63, 3.8) is 0 Å². The van der Waals surface area contributed by atoms with Gasteiger partial charge in [-0.1, -0.05) is 30.9 Å². The summed E-state index contributed by atoms with van der Waals surface area (Å²) < 4.78 is 0. The van der Waals surface area contributed by atoms with Crippen LogP contribution < -0.4 is 0 Å². The minimum Gasteiger partial charge on any atom is -0.289 e. The van der Waals surface area contributed by atoms with Gasteiger partial charge in [0.05, 0.1) is 4.91 Å². The van der Waals surface area contributed by atoms with Crippen LogP contribution in [-0.4, -0.2) is 12.0 Å². The fourth-order valence-corrected chi connectivity index (χ4v) is 1.16. The highest BCUT2D eigenvalue weighted by Gasteiger charge is 2.01. The molecule has 0 bridgehead atoms. The Hall–Kier alpha value is -1.02. The predicted molar refractivity (Wildman–Crippen MR) is 60.8 cm³/mol. The van der Waals surface area contributed by atoms with Crippen molar-refractivity contribution in [2.45, 2.75) is 6.92 Å². The number of allylic oxidation sites excluding steroid dienone is 6. The van der Waals surface area contributed by atoms with Crippen LogP contribution in [0.15, 0.2) is 47.9 Å². The molecular weight excluding hydrogens is 180 g/mol. The minimum absolute atomic E-state index is 0.00426. The van der Waals surface area contributed by atoms with Crippen LogP contribution in [0, 0.1) is 0 Å². The Morgan fingerprint density at radius 1 is 1.38 bits per heavy atom. The SMILES string of the molecule is C=C/C=C(\SC)C(=O)/C=C/C(=C)C. The maximum Gasteiger partial charge on any atom is 0.192 e. The van der Waals surface area contributed by atoms with Crippen molar-refractivity contribution in [1.29, 1.82) is 0 Å². The molecule has 2 heteroatoms. The van der Waals surface area contributed by atoms with E-state index in [4.69, 9.17) is 0 Å². The number of carbonyl (C=O) groups excluding carboxylic acids is 1. The van der Waals surface area contributed by atoms with E-state index in [1.54, 1.807) is 18.2 Å². The van der Waals surface area contributed by atoms with Gasteiger partial charge < -0.3 is 0 Å². The van der Waals surface area contributed by atoms with E-state index in [1.165, 1.54) is 17.8 Å². The third-order valence-corrected chi connectivity index (χ3v) is 2.03. The van der Waals surface area contributed by atoms with Gasteiger partial charge >= 0.3 is 0 Å². The van der Waals surface area contributed by atoms with Crippen LogP contribution in [0.4, 0.5) is 0 Å². The quantitative estimate of drug-likeness (QED) is 0.494. The van der Waals surface area contributed by atoms with Gasteiger partial charge in [0, 0.05) is 0 Å². The van der Waals surface area contributed by atoms with Crippen molar-refractivity contribution in [3.05, 3.63) is 47.9 Å². The van der Waals surface area contributed by atoms with Crippen LogP contribution in [0.3, 0.4) is 0 Å². The average Bonchev–Trinajstić information content (AvgIpc) is 2.10. The molecule has 0 rings (SSSR count). The molecule has 13 heavy (non-hydrogen) atoms. The van der Waals surface area contributed by atoms with Gasteiger partial charge in [-0.3, -0.25) is 4.79 Å². The number of rotatable bonds is 5. The van der Waals surface area contributed by atoms with E-state index in [2.05, 4.69) is 13.2 Å². The molecule has 0 saturated heterocycles. The fourth-order valence-electron chi connectivity index (χ4n) is 0.658. The molecule has 0 aromatic rings. The van der Waals surface area contributed by atoms with Gasteiger partial charge in [0.15, 0.2) is 5.78 Å². The summed E-state index contributed by atoms with van der Waals surface area (Å²) in [5.41, 5.74) is 0.868. The normalized spacial score (nSPS) is 11.7. The Labute approximate surface area is 83.9 Å². The molecule has 0 spiro atoms. The van der Waals surface area contributed by atoms with Crippen molar-refractivity contribution in [2.24, 2.45) is 0 Å². The van der Waals surface area contributed by atoms with Gasteiger partial charge in [-0.25, -0.2) is 0 Å². The summed E-state index contributed by atoms with van der Waals surface area (Å²) in [7, 11) is 0. The molecule has 0 aromatic carbocycles. The lowest BCUT2D eigenvalue weighted by atomic mass is 10.2. The second-order valence-electron chi connectivity index (χ2n) is 2.51. The third-order valence-electron chi connectivity index (χ3n) is 1.25. The number of carbonyl (C=O) groups is 1. The van der Waals surface area contributed by atoms with Crippen LogP contribution in [0.25, 0.3) is 0 Å². The standard InChI is InChI=1S/C11H14OS/c1-5-6-11(13-4)10(12)8-7-9(2)3/h5-8H,1-2H2,3-4H3/b8-7+,11-6-. The second kappa shape index (κ2) is 6.49. The topological polar surface area (TPSA) is 17.1 Å². The minimum atomic E-state index is -0.00426. The molecule has 0 aromatic heterocycles. The molecule has 0 saturated carbocycles. The van der Waals surface area contributed by atoms with Crippen LogP contribution in [0.5, 0.6) is 0 Å². The number of hydrogen-bond donors (Lipinski definition) is 0. The van der Waals surface area contributed by atoms with E-state index in [1.807, 2.05) is 13.2 Å². The third kappa shape index (κ3) is 5.26. The first-order chi connectivity index (χ1) is 6.11. The van der Waals surface area contributed by atoms with Crippen molar-refractivity contribution >= 4 is 17.5 Å². The van der Waals surface area contributed by atoms with Crippen molar-refractivity contribution in [1.82, 2.24) is 0 Å². The first-order valence-electron chi connectivity index (χ1n) is 3.86. The maximum absolute atomic E-state index is 11.4. The van der Waals surface area contributed by atoms with Crippen molar-refractivity contribution in [3.8, 4) is 0 Å². The monoisotopic (exact) mass is 194 g/mol. The number of thioether (sulfide) groups is 1. The molecule has 0 aliphatic heterocycles. The number of hydrogen-bond acceptors (Lipinski definition) is 2. The van der Waals surface area contributed by atoms with Gasteiger partial charge in [0.25, 0.3) is 0 Å². The van der Waals surface area contributed by atoms with Gasteiger partial charge in [0.2, 0.25) is 0 Å². The van der Waals surface area contributed by atoms with Crippen LogP contribution >= 0.6 is 11.8 Å². The van der Waals surface area contributed by atoms with E-state index in [0.29, 0.717) is 4.91 Å². The number of ketones is 1. The Kier molecular flexibility index (Phi) is 5.98. The lowest BCUT2D eigenvalue weighted by Crippen LogP contribution is -1.93. The average molecular weight is 194 g/mol. The first kappa shape index (κ1) is 12.0. The summed E-state index contributed by atoms with van der Waals surface area (Å²) in [5, 5.41) is 0. The first-order valence-corrected chi connectivity index (χ1v) is 5.09. The van der Waals surface area contributed by atoms with Gasteiger partial charge in [-0.2, -0.15) is 0 Å². The summed E-state index contributed by atoms with van der Waals surface area (Å²) in [6.45, 7) is 9.06. The van der Waals surface area contributed by atoms with Crippen LogP contribution in [-0.2, 0) is 4.79 Å². The van der Waals surface area contributed by atoms with Crippen molar-refractivity contribution < 1.29 is 4.79 Å². The molecule has 0 fully saturated rings. The van der Waals surface area contributed by atoms with Gasteiger partial charge in [-0.15, -0.1) is 11.8 Å². The van der Waals surface area contributed by atoms with Gasteiger partial charge in [-0.05, 0) is 25.3 Å². The van der Waals surface area contributed by atoms with E-state index in [-0.39, 0.29) is 5.78 Å². The molecule has 0 atom stereocenters. The summed E-state index contributed by atoms with van der Waals surface area (Å²) in [6, 6.07) is 0. The molecule has 0 heterocycles. The maximum atomic E-state index is 11.4. The molecule has 0 amide bonds. The van der Waals surface area contributed by atoms with E-state index >= 15 is 0 Å². The fraction of sp³-hybridized carbons (Fsp3) is 0.182. The summed E-state index contributed by atoms with van der Waals surface area (Å²) >= 11 is 1.41.